The van der Waals surface area contributed by atoms with Gasteiger partial charge in [0.2, 0.25) is 0 Å². The van der Waals surface area contributed by atoms with E-state index in [4.69, 9.17) is 22.9 Å². The van der Waals surface area contributed by atoms with Crippen LogP contribution in [0.25, 0.3) is 10.9 Å². The third kappa shape index (κ3) is 2.75. The molecular weight excluding hydrogens is 266 g/mol. The average molecular weight is 287 g/mol. The lowest BCUT2D eigenvalue weighted by molar-refractivity contribution is 0.587. The van der Waals surface area contributed by atoms with E-state index in [-0.39, 0.29) is 0 Å². The summed E-state index contributed by atoms with van der Waals surface area (Å²) in [6.07, 6.45) is 2.17. The zero-order valence-corrected chi connectivity index (χ0v) is 13.1. The van der Waals surface area contributed by atoms with Gasteiger partial charge in [-0.3, -0.25) is 0 Å². The molecule has 3 nitrogen and oxygen atoms in total. The second-order valence-electron chi connectivity index (χ2n) is 4.99. The summed E-state index contributed by atoms with van der Waals surface area (Å²) in [5.74, 6) is 0.931. The van der Waals surface area contributed by atoms with Crippen molar-refractivity contribution in [2.45, 2.75) is 32.7 Å². The minimum atomic E-state index is 0.419. The van der Waals surface area contributed by atoms with Gasteiger partial charge in [-0.25, -0.2) is 4.98 Å². The van der Waals surface area contributed by atoms with Crippen LogP contribution in [0.1, 0.15) is 32.3 Å². The zero-order valence-electron chi connectivity index (χ0n) is 12.3. The summed E-state index contributed by atoms with van der Waals surface area (Å²) in [7, 11) is 2.08. The quantitative estimate of drug-likeness (QED) is 0.855. The predicted molar refractivity (Wildman–Crippen MR) is 90.4 cm³/mol. The van der Waals surface area contributed by atoms with Crippen LogP contribution in [0.3, 0.4) is 0 Å². The van der Waals surface area contributed by atoms with Crippen molar-refractivity contribution in [2.75, 3.05) is 11.9 Å². The zero-order chi connectivity index (χ0) is 14.7. The van der Waals surface area contributed by atoms with Gasteiger partial charge < -0.3 is 10.6 Å². The van der Waals surface area contributed by atoms with Gasteiger partial charge in [0.05, 0.1) is 5.52 Å². The van der Waals surface area contributed by atoms with Crippen LogP contribution >= 0.6 is 12.2 Å². The maximum atomic E-state index is 5.88. The molecule has 0 aliphatic carbocycles. The number of rotatable bonds is 5. The van der Waals surface area contributed by atoms with E-state index in [9.17, 15) is 0 Å². The van der Waals surface area contributed by atoms with Crippen LogP contribution in [-0.4, -0.2) is 23.1 Å². The highest BCUT2D eigenvalue weighted by Crippen LogP contribution is 2.24. The Labute approximate surface area is 125 Å². The summed E-state index contributed by atoms with van der Waals surface area (Å²) in [6, 6.07) is 10.5. The van der Waals surface area contributed by atoms with Gasteiger partial charge in [-0.05, 0) is 25.0 Å². The topological polar surface area (TPSA) is 42.1 Å². The van der Waals surface area contributed by atoms with E-state index in [1.807, 2.05) is 30.3 Å². The Kier molecular flexibility index (Phi) is 4.55. The Balaban J connectivity index is 2.58. The summed E-state index contributed by atoms with van der Waals surface area (Å²) in [4.78, 5) is 7.38. The highest BCUT2D eigenvalue weighted by Gasteiger charge is 2.15. The molecular formula is C16H21N3S. The van der Waals surface area contributed by atoms with Gasteiger partial charge in [0.25, 0.3) is 0 Å². The summed E-state index contributed by atoms with van der Waals surface area (Å²) >= 11 is 5.19. The van der Waals surface area contributed by atoms with Gasteiger partial charge in [0.1, 0.15) is 10.8 Å². The molecule has 4 heteroatoms. The van der Waals surface area contributed by atoms with Gasteiger partial charge in [-0.1, -0.05) is 44.3 Å². The highest BCUT2D eigenvalue weighted by molar-refractivity contribution is 7.80. The monoisotopic (exact) mass is 287 g/mol. The molecule has 0 bridgehead atoms. The number of para-hydroxylation sites is 1. The molecule has 0 aliphatic rings. The van der Waals surface area contributed by atoms with Crippen molar-refractivity contribution >= 4 is 33.9 Å². The van der Waals surface area contributed by atoms with E-state index in [2.05, 4.69) is 25.8 Å². The van der Waals surface area contributed by atoms with Gasteiger partial charge in [-0.15, -0.1) is 0 Å². The number of benzene rings is 1. The average Bonchev–Trinajstić information content (AvgIpc) is 2.47. The largest absolute Gasteiger partial charge is 0.389 e. The lowest BCUT2D eigenvalue weighted by atomic mass is 10.1. The Morgan fingerprint density at radius 1 is 1.30 bits per heavy atom. The smallest absolute Gasteiger partial charge is 0.129 e. The van der Waals surface area contributed by atoms with Gasteiger partial charge in [0, 0.05) is 24.0 Å². The van der Waals surface area contributed by atoms with Gasteiger partial charge >= 0.3 is 0 Å². The number of anilines is 1. The normalized spacial score (nSPS) is 11.0. The van der Waals surface area contributed by atoms with Crippen LogP contribution in [0.2, 0.25) is 0 Å². The maximum Gasteiger partial charge on any atom is 0.129 e. The number of pyridine rings is 1. The van der Waals surface area contributed by atoms with Crippen LogP contribution in [-0.2, 0) is 0 Å². The molecule has 0 unspecified atom stereocenters. The molecule has 1 aromatic heterocycles. The fraction of sp³-hybridized carbons (Fsp3) is 0.375. The molecule has 2 aromatic rings. The number of aromatic nitrogens is 1. The molecule has 106 valence electrons. The highest BCUT2D eigenvalue weighted by atomic mass is 32.1. The van der Waals surface area contributed by atoms with Crippen molar-refractivity contribution in [3.05, 3.63) is 35.9 Å². The molecule has 0 aliphatic heterocycles. The molecule has 0 atom stereocenters. The molecule has 0 saturated carbocycles. The van der Waals surface area contributed by atoms with Crippen molar-refractivity contribution in [2.24, 2.45) is 5.73 Å². The molecule has 0 amide bonds. The number of hydrogen-bond acceptors (Lipinski definition) is 3. The molecule has 2 rings (SSSR count). The summed E-state index contributed by atoms with van der Waals surface area (Å²) in [5.41, 5.74) is 7.71. The summed E-state index contributed by atoms with van der Waals surface area (Å²) in [6.45, 7) is 4.39. The first-order valence-corrected chi connectivity index (χ1v) is 7.41. The Bertz CT molecular complexity index is 620. The molecule has 2 N–H and O–H groups in total. The number of fused-ring (bicyclic) bond motifs is 1. The van der Waals surface area contributed by atoms with E-state index in [0.717, 1.165) is 35.1 Å². The molecule has 20 heavy (non-hydrogen) atoms. The van der Waals surface area contributed by atoms with Crippen molar-refractivity contribution in [1.29, 1.82) is 0 Å². The van der Waals surface area contributed by atoms with E-state index in [0.29, 0.717) is 11.0 Å². The number of nitrogens with two attached hydrogens (primary N) is 1. The number of hydrogen-bond donors (Lipinski definition) is 1. The summed E-state index contributed by atoms with van der Waals surface area (Å²) < 4.78 is 0. The minimum absolute atomic E-state index is 0.419. The second-order valence-corrected chi connectivity index (χ2v) is 5.43. The van der Waals surface area contributed by atoms with E-state index < -0.39 is 0 Å². The molecule has 0 saturated heterocycles. The lowest BCUT2D eigenvalue weighted by Crippen LogP contribution is -2.31. The third-order valence-corrected chi connectivity index (χ3v) is 4.04. The Morgan fingerprint density at radius 3 is 2.55 bits per heavy atom. The van der Waals surface area contributed by atoms with Crippen LogP contribution in [0.5, 0.6) is 0 Å². The first-order valence-electron chi connectivity index (χ1n) is 7.00. The maximum absolute atomic E-state index is 5.88. The molecule has 0 spiro atoms. The molecule has 1 heterocycles. The molecule has 0 fully saturated rings. The van der Waals surface area contributed by atoms with Crippen LogP contribution < -0.4 is 10.6 Å². The Hall–Kier alpha value is -1.68. The second kappa shape index (κ2) is 6.18. The number of nitrogens with zero attached hydrogens (tertiary/aromatic N) is 2. The SMILES string of the molecule is CCC(CC)N(C)c1cc(C(N)=S)c2ccccc2n1. The van der Waals surface area contributed by atoms with Gasteiger partial charge in [-0.2, -0.15) is 0 Å². The standard InChI is InChI=1S/C16H21N3S/c1-4-11(5-2)19(3)15-10-13(16(17)20)12-8-6-7-9-14(12)18-15/h6-11H,4-5H2,1-3H3,(H2,17,20). The fourth-order valence-corrected chi connectivity index (χ4v) is 2.74. The first kappa shape index (κ1) is 14.7. The lowest BCUT2D eigenvalue weighted by Gasteiger charge is -2.28. The third-order valence-electron chi connectivity index (χ3n) is 3.82. The Morgan fingerprint density at radius 2 is 1.95 bits per heavy atom. The van der Waals surface area contributed by atoms with Crippen molar-refractivity contribution in [1.82, 2.24) is 4.98 Å². The first-order chi connectivity index (χ1) is 9.58. The number of thiocarbonyl (C=S) groups is 1. The van der Waals surface area contributed by atoms with E-state index in [1.165, 1.54) is 0 Å². The van der Waals surface area contributed by atoms with Crippen molar-refractivity contribution in [3.8, 4) is 0 Å². The molecule has 1 aromatic carbocycles. The van der Waals surface area contributed by atoms with Gasteiger partial charge in [0.15, 0.2) is 0 Å². The van der Waals surface area contributed by atoms with Crippen LogP contribution in [0, 0.1) is 0 Å². The van der Waals surface area contributed by atoms with Crippen molar-refractivity contribution < 1.29 is 0 Å². The minimum Gasteiger partial charge on any atom is -0.389 e. The van der Waals surface area contributed by atoms with E-state index in [1.54, 1.807) is 0 Å². The van der Waals surface area contributed by atoms with Crippen LogP contribution in [0.4, 0.5) is 5.82 Å². The van der Waals surface area contributed by atoms with Crippen LogP contribution in [0.15, 0.2) is 30.3 Å². The van der Waals surface area contributed by atoms with Crippen molar-refractivity contribution in [3.63, 3.8) is 0 Å². The fourth-order valence-electron chi connectivity index (χ4n) is 2.57. The molecule has 0 radical (unpaired) electrons. The summed E-state index contributed by atoms with van der Waals surface area (Å²) in [5, 5.41) is 1.02. The van der Waals surface area contributed by atoms with E-state index >= 15 is 0 Å². The predicted octanol–water partition coefficient (Wildman–Crippen LogP) is 3.49.